The summed E-state index contributed by atoms with van der Waals surface area (Å²) in [5.74, 6) is 0. The Morgan fingerprint density at radius 1 is 1.00 bits per heavy atom. The maximum absolute atomic E-state index is 5.07. The molecule has 0 aliphatic heterocycles. The van der Waals surface area contributed by atoms with E-state index in [4.69, 9.17) is 4.74 Å². The topological polar surface area (TPSA) is 21.3 Å². The molecular weight excluding hydrogens is 222 g/mol. The quantitative estimate of drug-likeness (QED) is 0.694. The minimum Gasteiger partial charge on any atom is -0.385 e. The average molecular weight is 255 g/mol. The van der Waals surface area contributed by atoms with E-state index >= 15 is 0 Å². The lowest BCUT2D eigenvalue weighted by molar-refractivity contribution is 0.0850. The maximum atomic E-state index is 5.07. The zero-order valence-corrected chi connectivity index (χ0v) is 13.1. The van der Waals surface area contributed by atoms with Crippen molar-refractivity contribution in [2.75, 3.05) is 20.3 Å². The normalized spacial score (nSPS) is 23.2. The first-order valence-corrected chi connectivity index (χ1v) is 7.57. The molecule has 0 aromatic heterocycles. The summed E-state index contributed by atoms with van der Waals surface area (Å²) in [6.07, 6.45) is 7.76. The van der Waals surface area contributed by atoms with Gasteiger partial charge in [0.15, 0.2) is 0 Å². The molecule has 0 atom stereocenters. The van der Waals surface area contributed by atoms with E-state index in [0.717, 1.165) is 6.61 Å². The van der Waals surface area contributed by atoms with E-state index in [1.807, 2.05) is 0 Å². The minimum atomic E-state index is 0.496. The van der Waals surface area contributed by atoms with E-state index < -0.39 is 0 Å². The van der Waals surface area contributed by atoms with Crippen LogP contribution < -0.4 is 5.32 Å². The summed E-state index contributed by atoms with van der Waals surface area (Å²) in [5, 5.41) is 3.77. The third kappa shape index (κ3) is 6.19. The van der Waals surface area contributed by atoms with Crippen LogP contribution in [0.15, 0.2) is 0 Å². The van der Waals surface area contributed by atoms with E-state index in [9.17, 15) is 0 Å². The van der Waals surface area contributed by atoms with Crippen LogP contribution in [-0.2, 0) is 4.74 Å². The Bertz CT molecular complexity index is 219. The van der Waals surface area contributed by atoms with Gasteiger partial charge in [0.25, 0.3) is 0 Å². The zero-order chi connectivity index (χ0) is 13.6. The molecule has 0 aromatic carbocycles. The molecule has 108 valence electrons. The second kappa shape index (κ2) is 6.91. The molecule has 0 aromatic rings. The number of ether oxygens (including phenoxy) is 1. The Kier molecular flexibility index (Phi) is 6.13. The van der Waals surface area contributed by atoms with E-state index in [1.54, 1.807) is 7.11 Å². The number of hydrogen-bond donors (Lipinski definition) is 1. The molecule has 2 heteroatoms. The van der Waals surface area contributed by atoms with Crippen LogP contribution in [0.2, 0.25) is 0 Å². The van der Waals surface area contributed by atoms with Crippen LogP contribution in [0, 0.1) is 10.8 Å². The minimum absolute atomic E-state index is 0.496. The molecular formula is C16H33NO. The molecule has 18 heavy (non-hydrogen) atoms. The Morgan fingerprint density at radius 3 is 2.17 bits per heavy atom. The van der Waals surface area contributed by atoms with Crippen molar-refractivity contribution < 1.29 is 4.74 Å². The standard InChI is InChI=1S/C16H33NO/c1-15(2)11-14(12-16(3,4)13-15)17-9-7-6-8-10-18-5/h14,17H,6-13H2,1-5H3. The molecule has 1 fully saturated rings. The molecule has 0 radical (unpaired) electrons. The predicted octanol–water partition coefficient (Wildman–Crippen LogP) is 4.00. The molecule has 0 saturated heterocycles. The molecule has 2 nitrogen and oxygen atoms in total. The summed E-state index contributed by atoms with van der Waals surface area (Å²) >= 11 is 0. The molecule has 1 aliphatic rings. The monoisotopic (exact) mass is 255 g/mol. The van der Waals surface area contributed by atoms with Gasteiger partial charge in [0, 0.05) is 19.8 Å². The lowest BCUT2D eigenvalue weighted by Gasteiger charge is -2.45. The van der Waals surface area contributed by atoms with Crippen LogP contribution in [0.5, 0.6) is 0 Å². The molecule has 0 spiro atoms. The van der Waals surface area contributed by atoms with Gasteiger partial charge in [0.05, 0.1) is 0 Å². The third-order valence-corrected chi connectivity index (χ3v) is 4.01. The van der Waals surface area contributed by atoms with Crippen molar-refractivity contribution in [1.82, 2.24) is 5.32 Å². The van der Waals surface area contributed by atoms with Crippen molar-refractivity contribution in [1.29, 1.82) is 0 Å². The van der Waals surface area contributed by atoms with Crippen molar-refractivity contribution in [2.45, 2.75) is 72.3 Å². The molecule has 0 bridgehead atoms. The lowest BCUT2D eigenvalue weighted by atomic mass is 9.63. The van der Waals surface area contributed by atoms with E-state index in [2.05, 4.69) is 33.0 Å². The summed E-state index contributed by atoms with van der Waals surface area (Å²) in [7, 11) is 1.78. The van der Waals surface area contributed by atoms with Gasteiger partial charge in [-0.1, -0.05) is 27.7 Å². The second-order valence-corrected chi connectivity index (χ2v) is 7.62. The van der Waals surface area contributed by atoms with Gasteiger partial charge >= 0.3 is 0 Å². The first-order valence-electron chi connectivity index (χ1n) is 7.57. The van der Waals surface area contributed by atoms with Gasteiger partial charge in [0.1, 0.15) is 0 Å². The Morgan fingerprint density at radius 2 is 1.61 bits per heavy atom. The van der Waals surface area contributed by atoms with E-state index in [0.29, 0.717) is 16.9 Å². The van der Waals surface area contributed by atoms with Crippen molar-refractivity contribution >= 4 is 0 Å². The third-order valence-electron chi connectivity index (χ3n) is 4.01. The van der Waals surface area contributed by atoms with Crippen molar-refractivity contribution in [3.63, 3.8) is 0 Å². The summed E-state index contributed by atoms with van der Waals surface area (Å²) in [4.78, 5) is 0. The van der Waals surface area contributed by atoms with Crippen molar-refractivity contribution in [3.8, 4) is 0 Å². The SMILES string of the molecule is COCCCCCNC1CC(C)(C)CC(C)(C)C1. The molecule has 0 amide bonds. The highest BCUT2D eigenvalue weighted by Gasteiger charge is 2.37. The first kappa shape index (κ1) is 16.0. The van der Waals surface area contributed by atoms with Crippen LogP contribution in [0.4, 0.5) is 0 Å². The molecule has 0 heterocycles. The van der Waals surface area contributed by atoms with Crippen LogP contribution in [0.1, 0.15) is 66.2 Å². The molecule has 1 saturated carbocycles. The van der Waals surface area contributed by atoms with Gasteiger partial charge in [-0.15, -0.1) is 0 Å². The molecule has 1 N–H and O–H groups in total. The highest BCUT2D eigenvalue weighted by atomic mass is 16.5. The average Bonchev–Trinajstić information content (AvgIpc) is 2.18. The van der Waals surface area contributed by atoms with Gasteiger partial charge in [-0.05, 0) is 55.9 Å². The van der Waals surface area contributed by atoms with Gasteiger partial charge < -0.3 is 10.1 Å². The van der Waals surface area contributed by atoms with Crippen molar-refractivity contribution in [3.05, 3.63) is 0 Å². The van der Waals surface area contributed by atoms with Crippen LogP contribution in [-0.4, -0.2) is 26.3 Å². The van der Waals surface area contributed by atoms with Gasteiger partial charge in [0.2, 0.25) is 0 Å². The summed E-state index contributed by atoms with van der Waals surface area (Å²) in [5.41, 5.74) is 0.991. The largest absolute Gasteiger partial charge is 0.385 e. The van der Waals surface area contributed by atoms with Gasteiger partial charge in [-0.3, -0.25) is 0 Å². The van der Waals surface area contributed by atoms with Crippen LogP contribution >= 0.6 is 0 Å². The lowest BCUT2D eigenvalue weighted by Crippen LogP contribution is -2.44. The van der Waals surface area contributed by atoms with Crippen LogP contribution in [0.3, 0.4) is 0 Å². The summed E-state index contributed by atoms with van der Waals surface area (Å²) < 4.78 is 5.07. The summed E-state index contributed by atoms with van der Waals surface area (Å²) in [6, 6.07) is 0.714. The Hall–Kier alpha value is -0.0800. The molecule has 1 aliphatic carbocycles. The number of methoxy groups -OCH3 is 1. The summed E-state index contributed by atoms with van der Waals surface area (Å²) in [6.45, 7) is 11.7. The highest BCUT2D eigenvalue weighted by molar-refractivity contribution is 4.92. The van der Waals surface area contributed by atoms with Gasteiger partial charge in [-0.2, -0.15) is 0 Å². The van der Waals surface area contributed by atoms with E-state index in [1.165, 1.54) is 45.1 Å². The fourth-order valence-corrected chi connectivity index (χ4v) is 3.84. The Balaban J connectivity index is 2.21. The second-order valence-electron chi connectivity index (χ2n) is 7.62. The number of unbranched alkanes of at least 4 members (excludes halogenated alkanes) is 2. The number of hydrogen-bond acceptors (Lipinski definition) is 2. The van der Waals surface area contributed by atoms with Crippen molar-refractivity contribution in [2.24, 2.45) is 10.8 Å². The maximum Gasteiger partial charge on any atom is 0.0462 e. The van der Waals surface area contributed by atoms with Gasteiger partial charge in [-0.25, -0.2) is 0 Å². The fourth-order valence-electron chi connectivity index (χ4n) is 3.84. The fraction of sp³-hybridized carbons (Fsp3) is 1.00. The van der Waals surface area contributed by atoms with E-state index in [-0.39, 0.29) is 0 Å². The predicted molar refractivity (Wildman–Crippen MR) is 78.9 cm³/mol. The molecule has 1 rings (SSSR count). The Labute approximate surface area is 114 Å². The van der Waals surface area contributed by atoms with Crippen LogP contribution in [0.25, 0.3) is 0 Å². The smallest absolute Gasteiger partial charge is 0.0462 e. The zero-order valence-electron chi connectivity index (χ0n) is 13.1. The number of nitrogens with one attached hydrogen (secondary N) is 1. The first-order chi connectivity index (χ1) is 8.35. The number of rotatable bonds is 7. The highest BCUT2D eigenvalue weighted by Crippen LogP contribution is 2.45. The molecule has 0 unspecified atom stereocenters.